The molecule has 0 unspecified atom stereocenters. The lowest BCUT2D eigenvalue weighted by Crippen LogP contribution is -2.12. The molecular weight excluding hydrogens is 300 g/mol. The fourth-order valence-electron chi connectivity index (χ4n) is 1.68. The molecule has 0 aliphatic heterocycles. The zero-order valence-electron chi connectivity index (χ0n) is 10.5. The molecule has 0 aliphatic carbocycles. The van der Waals surface area contributed by atoms with Crippen molar-refractivity contribution in [1.82, 2.24) is 0 Å². The summed E-state index contributed by atoms with van der Waals surface area (Å²) < 4.78 is 32.2. The minimum atomic E-state index is -0.658. The van der Waals surface area contributed by atoms with Crippen LogP contribution in [-0.2, 0) is 0 Å². The van der Waals surface area contributed by atoms with Gasteiger partial charge in [0, 0.05) is 11.0 Å². The Hall–Kier alpha value is -1.66. The fraction of sp³-hybridized carbons (Fsp3) is 0.0714. The zero-order valence-corrected chi connectivity index (χ0v) is 12.2. The molecule has 0 saturated carbocycles. The summed E-state index contributed by atoms with van der Waals surface area (Å²) in [4.78, 5) is 0.952. The van der Waals surface area contributed by atoms with Crippen molar-refractivity contribution in [2.24, 2.45) is 5.73 Å². The van der Waals surface area contributed by atoms with Gasteiger partial charge in [0.1, 0.15) is 16.6 Å². The quantitative estimate of drug-likeness (QED) is 0.681. The third kappa shape index (κ3) is 3.08. The summed E-state index contributed by atoms with van der Waals surface area (Å²) >= 11 is 6.44. The van der Waals surface area contributed by atoms with Gasteiger partial charge in [0.2, 0.25) is 0 Å². The molecule has 2 aromatic carbocycles. The number of rotatable bonds is 4. The zero-order chi connectivity index (χ0) is 14.7. The molecule has 20 heavy (non-hydrogen) atoms. The number of nitrogens with two attached hydrogens (primary N) is 1. The molecule has 0 atom stereocenters. The van der Waals surface area contributed by atoms with Gasteiger partial charge >= 0.3 is 0 Å². The highest BCUT2D eigenvalue weighted by Gasteiger charge is 2.14. The van der Waals surface area contributed by atoms with Crippen molar-refractivity contribution in [3.63, 3.8) is 0 Å². The van der Waals surface area contributed by atoms with Gasteiger partial charge in [-0.15, -0.1) is 11.8 Å². The molecule has 0 fully saturated rings. The molecule has 0 spiro atoms. The maximum Gasteiger partial charge on any atom is 0.166 e. The smallest absolute Gasteiger partial charge is 0.166 e. The monoisotopic (exact) mass is 311 g/mol. The predicted octanol–water partition coefficient (Wildman–Crippen LogP) is 4.11. The Balaban J connectivity index is 2.48. The number of ether oxygens (including phenoxy) is 1. The van der Waals surface area contributed by atoms with Crippen LogP contribution < -0.4 is 10.5 Å². The maximum atomic E-state index is 13.6. The normalized spacial score (nSPS) is 10.3. The van der Waals surface area contributed by atoms with Crippen molar-refractivity contribution in [3.05, 3.63) is 53.6 Å². The number of halogens is 2. The van der Waals surface area contributed by atoms with Gasteiger partial charge in [-0.05, 0) is 30.5 Å². The topological polar surface area (TPSA) is 35.2 Å². The van der Waals surface area contributed by atoms with E-state index in [2.05, 4.69) is 0 Å². The van der Waals surface area contributed by atoms with E-state index in [9.17, 15) is 8.78 Å². The summed E-state index contributed by atoms with van der Waals surface area (Å²) in [5.41, 5.74) is 6.20. The van der Waals surface area contributed by atoms with Crippen LogP contribution in [-0.4, -0.2) is 11.2 Å². The fourth-order valence-corrected chi connectivity index (χ4v) is 2.59. The first-order valence-electron chi connectivity index (χ1n) is 5.62. The molecule has 0 radical (unpaired) electrons. The van der Waals surface area contributed by atoms with Crippen LogP contribution in [0.1, 0.15) is 5.56 Å². The second-order valence-corrected chi connectivity index (χ2v) is 5.16. The number of hydrogen-bond acceptors (Lipinski definition) is 3. The Bertz CT molecular complexity index is 662. The average Bonchev–Trinajstić information content (AvgIpc) is 2.42. The summed E-state index contributed by atoms with van der Waals surface area (Å²) in [6.07, 6.45) is 1.86. The van der Waals surface area contributed by atoms with Gasteiger partial charge in [0.05, 0.1) is 5.56 Å². The van der Waals surface area contributed by atoms with Crippen LogP contribution in [0.2, 0.25) is 0 Å². The summed E-state index contributed by atoms with van der Waals surface area (Å²) in [5.74, 6) is -1.15. The number of thiocarbonyl (C=S) groups is 1. The van der Waals surface area contributed by atoms with Crippen molar-refractivity contribution < 1.29 is 13.5 Å². The molecule has 2 N–H and O–H groups in total. The lowest BCUT2D eigenvalue weighted by atomic mass is 10.2. The van der Waals surface area contributed by atoms with Crippen LogP contribution in [0.3, 0.4) is 0 Å². The number of thioether (sulfide) groups is 1. The van der Waals surface area contributed by atoms with Crippen molar-refractivity contribution in [3.8, 4) is 11.5 Å². The largest absolute Gasteiger partial charge is 0.453 e. The molecule has 0 aromatic heterocycles. The lowest BCUT2D eigenvalue weighted by molar-refractivity contribution is 0.435. The van der Waals surface area contributed by atoms with Crippen LogP contribution >= 0.6 is 24.0 Å². The summed E-state index contributed by atoms with van der Waals surface area (Å²) in [6, 6.07) is 8.18. The SMILES string of the molecule is CSc1cccc(Oc2cc(F)ccc2F)c1C(N)=S. The molecule has 104 valence electrons. The number of hydrogen-bond donors (Lipinski definition) is 1. The van der Waals surface area contributed by atoms with E-state index in [1.54, 1.807) is 12.1 Å². The van der Waals surface area contributed by atoms with Gasteiger partial charge in [0.25, 0.3) is 0 Å². The first-order valence-corrected chi connectivity index (χ1v) is 7.26. The van der Waals surface area contributed by atoms with Crippen molar-refractivity contribution in [2.45, 2.75) is 4.90 Å². The van der Waals surface area contributed by atoms with E-state index in [1.165, 1.54) is 11.8 Å². The van der Waals surface area contributed by atoms with Crippen LogP contribution in [0, 0.1) is 11.6 Å². The maximum absolute atomic E-state index is 13.6. The van der Waals surface area contributed by atoms with Crippen LogP contribution in [0.25, 0.3) is 0 Å². The van der Waals surface area contributed by atoms with Crippen LogP contribution in [0.5, 0.6) is 11.5 Å². The molecule has 0 saturated heterocycles. The van der Waals surface area contributed by atoms with E-state index < -0.39 is 11.6 Å². The van der Waals surface area contributed by atoms with E-state index in [-0.39, 0.29) is 10.7 Å². The van der Waals surface area contributed by atoms with Crippen molar-refractivity contribution in [2.75, 3.05) is 6.26 Å². The minimum absolute atomic E-state index is 0.141. The Kier molecular flexibility index (Phi) is 4.57. The molecule has 2 nitrogen and oxygen atoms in total. The molecule has 0 bridgehead atoms. The second kappa shape index (κ2) is 6.19. The summed E-state index contributed by atoms with van der Waals surface area (Å²) in [6.45, 7) is 0. The first kappa shape index (κ1) is 14.7. The average molecular weight is 311 g/mol. The standard InChI is InChI=1S/C14H11F2NOS2/c1-20-12-4-2-3-10(13(12)14(17)19)18-11-7-8(15)5-6-9(11)16/h2-7H,1H3,(H2,17,19). The first-order chi connectivity index (χ1) is 9.52. The third-order valence-corrected chi connectivity index (χ3v) is 3.55. The molecule has 0 aliphatic rings. The van der Waals surface area contributed by atoms with Gasteiger partial charge in [-0.3, -0.25) is 0 Å². The Morgan fingerprint density at radius 3 is 2.60 bits per heavy atom. The molecule has 0 amide bonds. The van der Waals surface area contributed by atoms with Crippen molar-refractivity contribution >= 4 is 29.0 Å². The van der Waals surface area contributed by atoms with Crippen LogP contribution in [0.4, 0.5) is 8.78 Å². The molecule has 6 heteroatoms. The van der Waals surface area contributed by atoms with E-state index in [1.807, 2.05) is 12.3 Å². The molecular formula is C14H11F2NOS2. The van der Waals surface area contributed by atoms with E-state index in [4.69, 9.17) is 22.7 Å². The highest BCUT2D eigenvalue weighted by atomic mass is 32.2. The van der Waals surface area contributed by atoms with Gasteiger partial charge in [-0.2, -0.15) is 0 Å². The Morgan fingerprint density at radius 2 is 1.95 bits per heavy atom. The highest BCUT2D eigenvalue weighted by molar-refractivity contribution is 7.98. The minimum Gasteiger partial charge on any atom is -0.453 e. The molecule has 2 rings (SSSR count). The highest BCUT2D eigenvalue weighted by Crippen LogP contribution is 2.33. The van der Waals surface area contributed by atoms with Gasteiger partial charge in [-0.1, -0.05) is 18.3 Å². The second-order valence-electron chi connectivity index (χ2n) is 3.87. The van der Waals surface area contributed by atoms with Gasteiger partial charge < -0.3 is 10.5 Å². The van der Waals surface area contributed by atoms with E-state index >= 15 is 0 Å². The van der Waals surface area contributed by atoms with Gasteiger partial charge in [0.15, 0.2) is 11.6 Å². The summed E-state index contributed by atoms with van der Waals surface area (Å²) in [5, 5.41) is 0. The third-order valence-electron chi connectivity index (χ3n) is 2.57. The number of benzene rings is 2. The van der Waals surface area contributed by atoms with Crippen molar-refractivity contribution in [1.29, 1.82) is 0 Å². The van der Waals surface area contributed by atoms with Gasteiger partial charge in [-0.25, -0.2) is 8.78 Å². The lowest BCUT2D eigenvalue weighted by Gasteiger charge is -2.13. The molecule has 0 heterocycles. The predicted molar refractivity (Wildman–Crippen MR) is 80.5 cm³/mol. The Labute approximate surface area is 124 Å². The van der Waals surface area contributed by atoms with Crippen LogP contribution in [0.15, 0.2) is 41.3 Å². The van der Waals surface area contributed by atoms with E-state index in [0.717, 1.165) is 23.1 Å². The summed E-state index contributed by atoms with van der Waals surface area (Å²) in [7, 11) is 0. The Morgan fingerprint density at radius 1 is 1.20 bits per heavy atom. The molecule has 2 aromatic rings. The van der Waals surface area contributed by atoms with E-state index in [0.29, 0.717) is 11.3 Å².